The second-order valence-electron chi connectivity index (χ2n) is 5.18. The van der Waals surface area contributed by atoms with E-state index in [0.29, 0.717) is 30.4 Å². The molecule has 0 aliphatic heterocycles. The molecule has 0 aliphatic carbocycles. The first-order valence-corrected chi connectivity index (χ1v) is 7.11. The van der Waals surface area contributed by atoms with Gasteiger partial charge in [0, 0.05) is 12.8 Å². The SMILES string of the molecule is COc1ccccc1NC(=O)CCCC(=O)OCC(C)C. The van der Waals surface area contributed by atoms with Crippen molar-refractivity contribution in [3.8, 4) is 5.75 Å². The van der Waals surface area contributed by atoms with Crippen molar-refractivity contribution < 1.29 is 19.1 Å². The number of nitrogens with one attached hydrogen (secondary N) is 1. The highest BCUT2D eigenvalue weighted by molar-refractivity contribution is 5.92. The van der Waals surface area contributed by atoms with Crippen LogP contribution in [0.1, 0.15) is 33.1 Å². The normalized spacial score (nSPS) is 10.3. The van der Waals surface area contributed by atoms with Crippen molar-refractivity contribution in [2.45, 2.75) is 33.1 Å². The van der Waals surface area contributed by atoms with Crippen LogP contribution in [0, 0.1) is 5.92 Å². The zero-order valence-electron chi connectivity index (χ0n) is 12.8. The van der Waals surface area contributed by atoms with Gasteiger partial charge in [-0.2, -0.15) is 0 Å². The van der Waals surface area contributed by atoms with Crippen LogP contribution in [-0.2, 0) is 14.3 Å². The summed E-state index contributed by atoms with van der Waals surface area (Å²) >= 11 is 0. The van der Waals surface area contributed by atoms with Crippen LogP contribution in [0.15, 0.2) is 24.3 Å². The number of ether oxygens (including phenoxy) is 2. The minimum atomic E-state index is -0.256. The van der Waals surface area contributed by atoms with Gasteiger partial charge in [-0.1, -0.05) is 26.0 Å². The second kappa shape index (κ2) is 9.00. The maximum Gasteiger partial charge on any atom is 0.305 e. The molecule has 21 heavy (non-hydrogen) atoms. The Labute approximate surface area is 125 Å². The number of esters is 1. The molecule has 0 fully saturated rings. The zero-order valence-corrected chi connectivity index (χ0v) is 12.8. The Morgan fingerprint density at radius 3 is 2.57 bits per heavy atom. The van der Waals surface area contributed by atoms with E-state index < -0.39 is 0 Å². The first-order chi connectivity index (χ1) is 10.0. The molecule has 1 aromatic rings. The number of amides is 1. The molecule has 0 saturated heterocycles. The van der Waals surface area contributed by atoms with Crippen molar-refractivity contribution in [2.75, 3.05) is 19.0 Å². The molecule has 0 atom stereocenters. The van der Waals surface area contributed by atoms with Crippen molar-refractivity contribution in [2.24, 2.45) is 5.92 Å². The van der Waals surface area contributed by atoms with Crippen molar-refractivity contribution in [1.82, 2.24) is 0 Å². The number of anilines is 1. The van der Waals surface area contributed by atoms with Crippen LogP contribution >= 0.6 is 0 Å². The van der Waals surface area contributed by atoms with Crippen molar-refractivity contribution in [3.63, 3.8) is 0 Å². The lowest BCUT2D eigenvalue weighted by Gasteiger charge is -2.10. The van der Waals surface area contributed by atoms with Gasteiger partial charge in [-0.3, -0.25) is 9.59 Å². The maximum atomic E-state index is 11.8. The number of rotatable bonds is 8. The quantitative estimate of drug-likeness (QED) is 0.748. The summed E-state index contributed by atoms with van der Waals surface area (Å²) in [5, 5.41) is 2.77. The van der Waals surface area contributed by atoms with E-state index in [-0.39, 0.29) is 24.7 Å². The average molecular weight is 293 g/mol. The highest BCUT2D eigenvalue weighted by atomic mass is 16.5. The van der Waals surface area contributed by atoms with Crippen LogP contribution in [0.5, 0.6) is 5.75 Å². The second-order valence-corrected chi connectivity index (χ2v) is 5.18. The Kier molecular flexibility index (Phi) is 7.29. The van der Waals surface area contributed by atoms with Gasteiger partial charge in [-0.05, 0) is 24.5 Å². The first kappa shape index (κ1) is 17.0. The highest BCUT2D eigenvalue weighted by Gasteiger charge is 2.09. The maximum absolute atomic E-state index is 11.8. The number of methoxy groups -OCH3 is 1. The highest BCUT2D eigenvalue weighted by Crippen LogP contribution is 2.23. The largest absolute Gasteiger partial charge is 0.495 e. The summed E-state index contributed by atoms with van der Waals surface area (Å²) in [6.07, 6.45) is 0.999. The fourth-order valence-corrected chi connectivity index (χ4v) is 1.69. The summed E-state index contributed by atoms with van der Waals surface area (Å²) in [5.41, 5.74) is 0.632. The number of benzene rings is 1. The Morgan fingerprint density at radius 2 is 1.90 bits per heavy atom. The third-order valence-corrected chi connectivity index (χ3v) is 2.74. The fraction of sp³-hybridized carbons (Fsp3) is 0.500. The Morgan fingerprint density at radius 1 is 1.19 bits per heavy atom. The molecule has 0 unspecified atom stereocenters. The molecule has 116 valence electrons. The van der Waals surface area contributed by atoms with E-state index >= 15 is 0 Å². The molecule has 0 aromatic heterocycles. The number of hydrogen-bond acceptors (Lipinski definition) is 4. The molecule has 0 aliphatic rings. The Hall–Kier alpha value is -2.04. The number of carbonyl (C=O) groups is 2. The van der Waals surface area contributed by atoms with Gasteiger partial charge in [0.2, 0.25) is 5.91 Å². The molecule has 0 bridgehead atoms. The lowest BCUT2D eigenvalue weighted by molar-refractivity contribution is -0.144. The molecule has 5 heteroatoms. The molecule has 0 heterocycles. The first-order valence-electron chi connectivity index (χ1n) is 7.11. The van der Waals surface area contributed by atoms with E-state index in [9.17, 15) is 9.59 Å². The average Bonchev–Trinajstić information content (AvgIpc) is 2.45. The zero-order chi connectivity index (χ0) is 15.7. The molecule has 0 saturated carbocycles. The van der Waals surface area contributed by atoms with E-state index in [0.717, 1.165) is 0 Å². The third kappa shape index (κ3) is 6.79. The molecule has 5 nitrogen and oxygen atoms in total. The van der Waals surface area contributed by atoms with E-state index in [4.69, 9.17) is 9.47 Å². The fourth-order valence-electron chi connectivity index (χ4n) is 1.69. The van der Waals surface area contributed by atoms with Gasteiger partial charge >= 0.3 is 5.97 Å². The van der Waals surface area contributed by atoms with Crippen LogP contribution in [-0.4, -0.2) is 25.6 Å². The Balaban J connectivity index is 2.30. The monoisotopic (exact) mass is 293 g/mol. The summed E-state index contributed by atoms with van der Waals surface area (Å²) in [7, 11) is 1.55. The molecule has 1 rings (SSSR count). The predicted molar refractivity (Wildman–Crippen MR) is 81.3 cm³/mol. The topological polar surface area (TPSA) is 64.6 Å². The molecular formula is C16H23NO4. The summed E-state index contributed by atoms with van der Waals surface area (Å²) < 4.78 is 10.2. The van der Waals surface area contributed by atoms with Crippen LogP contribution in [0.25, 0.3) is 0 Å². The molecular weight excluding hydrogens is 270 g/mol. The van der Waals surface area contributed by atoms with Crippen molar-refractivity contribution in [3.05, 3.63) is 24.3 Å². The lowest BCUT2D eigenvalue weighted by atomic mass is 10.2. The summed E-state index contributed by atoms with van der Waals surface area (Å²) in [6, 6.07) is 7.20. The van der Waals surface area contributed by atoms with Crippen molar-refractivity contribution >= 4 is 17.6 Å². The van der Waals surface area contributed by atoms with Crippen LogP contribution in [0.3, 0.4) is 0 Å². The summed E-state index contributed by atoms with van der Waals surface area (Å²) in [6.45, 7) is 4.38. The van der Waals surface area contributed by atoms with Gasteiger partial charge in [0.25, 0.3) is 0 Å². The molecule has 1 N–H and O–H groups in total. The van der Waals surface area contributed by atoms with Gasteiger partial charge < -0.3 is 14.8 Å². The number of para-hydroxylation sites is 2. The molecule has 1 amide bonds. The minimum absolute atomic E-state index is 0.142. The van der Waals surface area contributed by atoms with Crippen LogP contribution in [0.4, 0.5) is 5.69 Å². The smallest absolute Gasteiger partial charge is 0.305 e. The van der Waals surface area contributed by atoms with E-state index in [1.807, 2.05) is 26.0 Å². The molecule has 0 spiro atoms. The van der Waals surface area contributed by atoms with Crippen LogP contribution < -0.4 is 10.1 Å². The Bertz CT molecular complexity index is 471. The van der Waals surface area contributed by atoms with Gasteiger partial charge in [-0.15, -0.1) is 0 Å². The van der Waals surface area contributed by atoms with E-state index in [1.54, 1.807) is 19.2 Å². The van der Waals surface area contributed by atoms with Gasteiger partial charge in [-0.25, -0.2) is 0 Å². The predicted octanol–water partition coefficient (Wildman–Crippen LogP) is 3.00. The summed E-state index contributed by atoms with van der Waals surface area (Å²) in [4.78, 5) is 23.2. The standard InChI is InChI=1S/C16H23NO4/c1-12(2)11-21-16(19)10-6-9-15(18)17-13-7-4-5-8-14(13)20-3/h4-5,7-8,12H,6,9-11H2,1-3H3,(H,17,18). The molecule has 0 radical (unpaired) electrons. The van der Waals surface area contributed by atoms with Crippen molar-refractivity contribution in [1.29, 1.82) is 0 Å². The van der Waals surface area contributed by atoms with Gasteiger partial charge in [0.05, 0.1) is 19.4 Å². The number of hydrogen-bond donors (Lipinski definition) is 1. The minimum Gasteiger partial charge on any atom is -0.495 e. The van der Waals surface area contributed by atoms with Crippen LogP contribution in [0.2, 0.25) is 0 Å². The molecule has 1 aromatic carbocycles. The summed E-state index contributed by atoms with van der Waals surface area (Å²) in [5.74, 6) is 0.537. The number of carbonyl (C=O) groups excluding carboxylic acids is 2. The third-order valence-electron chi connectivity index (χ3n) is 2.74. The van der Waals surface area contributed by atoms with Gasteiger partial charge in [0.1, 0.15) is 5.75 Å². The lowest BCUT2D eigenvalue weighted by Crippen LogP contribution is -2.14. The van der Waals surface area contributed by atoms with Gasteiger partial charge in [0.15, 0.2) is 0 Å². The van der Waals surface area contributed by atoms with E-state index in [1.165, 1.54) is 0 Å². The van der Waals surface area contributed by atoms with E-state index in [2.05, 4.69) is 5.32 Å².